The molecule has 1 aliphatic heterocycles. The van der Waals surface area contributed by atoms with Crippen LogP contribution >= 0.6 is 34.8 Å². The first-order chi connectivity index (χ1) is 12.5. The SMILES string of the molecule is O=c1[nH]c(/C(Cl)=C/c2cc(Cl)c3c(c2)OCCO3)nc2ccc(Cl)cc12. The van der Waals surface area contributed by atoms with Gasteiger partial charge in [0.1, 0.15) is 13.2 Å². The summed E-state index contributed by atoms with van der Waals surface area (Å²) < 4.78 is 11.0. The topological polar surface area (TPSA) is 64.2 Å². The molecule has 4 rings (SSSR count). The zero-order valence-corrected chi connectivity index (χ0v) is 15.5. The molecule has 132 valence electrons. The van der Waals surface area contributed by atoms with Gasteiger partial charge in [-0.25, -0.2) is 4.98 Å². The van der Waals surface area contributed by atoms with E-state index in [-0.39, 0.29) is 16.4 Å². The zero-order valence-electron chi connectivity index (χ0n) is 13.2. The Bertz CT molecular complexity index is 1110. The van der Waals surface area contributed by atoms with Crippen molar-refractivity contribution >= 4 is 56.8 Å². The fourth-order valence-corrected chi connectivity index (χ4v) is 3.31. The molecule has 3 aromatic rings. The fraction of sp³-hybridized carbons (Fsp3) is 0.111. The van der Waals surface area contributed by atoms with Gasteiger partial charge in [-0.3, -0.25) is 4.79 Å². The maximum absolute atomic E-state index is 12.3. The van der Waals surface area contributed by atoms with Crippen molar-refractivity contribution in [2.24, 2.45) is 0 Å². The van der Waals surface area contributed by atoms with Gasteiger partial charge in [0.05, 0.1) is 21.0 Å². The molecule has 8 heteroatoms. The second-order valence-electron chi connectivity index (χ2n) is 5.60. The van der Waals surface area contributed by atoms with Gasteiger partial charge in [0.25, 0.3) is 5.56 Å². The second-order valence-corrected chi connectivity index (χ2v) is 6.85. The van der Waals surface area contributed by atoms with Gasteiger partial charge in [0, 0.05) is 5.02 Å². The van der Waals surface area contributed by atoms with Crippen LogP contribution < -0.4 is 15.0 Å². The molecule has 0 fully saturated rings. The molecule has 0 bridgehead atoms. The maximum atomic E-state index is 12.3. The van der Waals surface area contributed by atoms with Gasteiger partial charge in [-0.1, -0.05) is 34.8 Å². The summed E-state index contributed by atoms with van der Waals surface area (Å²) in [6, 6.07) is 8.36. The van der Waals surface area contributed by atoms with Crippen molar-refractivity contribution in [2.45, 2.75) is 0 Å². The largest absolute Gasteiger partial charge is 0.486 e. The van der Waals surface area contributed by atoms with Crippen LogP contribution in [0.3, 0.4) is 0 Å². The van der Waals surface area contributed by atoms with Crippen LogP contribution in [0.5, 0.6) is 11.5 Å². The Balaban J connectivity index is 1.77. The summed E-state index contributed by atoms with van der Waals surface area (Å²) in [5.74, 6) is 1.31. The number of H-pyrrole nitrogens is 1. The van der Waals surface area contributed by atoms with Crippen LogP contribution in [-0.4, -0.2) is 23.2 Å². The summed E-state index contributed by atoms with van der Waals surface area (Å²) in [5, 5.41) is 1.54. The first-order valence-corrected chi connectivity index (χ1v) is 8.81. The van der Waals surface area contributed by atoms with Crippen molar-refractivity contribution in [1.82, 2.24) is 9.97 Å². The van der Waals surface area contributed by atoms with Gasteiger partial charge < -0.3 is 14.5 Å². The molecule has 0 aliphatic carbocycles. The first-order valence-electron chi connectivity index (χ1n) is 7.67. The van der Waals surface area contributed by atoms with Crippen LogP contribution in [0.2, 0.25) is 10.0 Å². The second kappa shape index (κ2) is 6.83. The van der Waals surface area contributed by atoms with Crippen molar-refractivity contribution in [2.75, 3.05) is 13.2 Å². The molecule has 5 nitrogen and oxygen atoms in total. The number of fused-ring (bicyclic) bond motifs is 2. The highest BCUT2D eigenvalue weighted by atomic mass is 35.5. The van der Waals surface area contributed by atoms with E-state index < -0.39 is 0 Å². The molecule has 2 aromatic carbocycles. The van der Waals surface area contributed by atoms with Crippen LogP contribution in [-0.2, 0) is 0 Å². The molecule has 0 radical (unpaired) electrons. The number of halogens is 3. The third-order valence-corrected chi connectivity index (χ3v) is 4.61. The highest BCUT2D eigenvalue weighted by Crippen LogP contribution is 2.39. The molecule has 26 heavy (non-hydrogen) atoms. The van der Waals surface area contributed by atoms with E-state index in [1.54, 1.807) is 36.4 Å². The van der Waals surface area contributed by atoms with E-state index >= 15 is 0 Å². The van der Waals surface area contributed by atoms with Crippen LogP contribution in [0.15, 0.2) is 35.1 Å². The summed E-state index contributed by atoms with van der Waals surface area (Å²) in [6.07, 6.45) is 1.64. The molecule has 0 saturated heterocycles. The molecule has 0 saturated carbocycles. The lowest BCUT2D eigenvalue weighted by Crippen LogP contribution is -2.15. The summed E-state index contributed by atoms with van der Waals surface area (Å²) in [4.78, 5) is 19.3. The number of ether oxygens (including phenoxy) is 2. The minimum atomic E-state index is -0.320. The van der Waals surface area contributed by atoms with Gasteiger partial charge in [-0.05, 0) is 42.0 Å². The number of aromatic nitrogens is 2. The molecule has 0 spiro atoms. The highest BCUT2D eigenvalue weighted by Gasteiger charge is 2.16. The Labute approximate surface area is 163 Å². The molecule has 2 heterocycles. The Kier molecular flexibility index (Phi) is 4.53. The lowest BCUT2D eigenvalue weighted by molar-refractivity contribution is 0.171. The lowest BCUT2D eigenvalue weighted by Gasteiger charge is -2.19. The van der Waals surface area contributed by atoms with E-state index in [1.807, 2.05) is 0 Å². The molecule has 1 N–H and O–H groups in total. The average molecular weight is 410 g/mol. The van der Waals surface area contributed by atoms with Crippen molar-refractivity contribution in [3.8, 4) is 11.5 Å². The first kappa shape index (κ1) is 17.2. The minimum absolute atomic E-state index is 0.248. The number of benzene rings is 2. The van der Waals surface area contributed by atoms with E-state index in [1.165, 1.54) is 0 Å². The van der Waals surface area contributed by atoms with Gasteiger partial charge in [0.15, 0.2) is 17.3 Å². The molecular formula is C18H11Cl3N2O3. The zero-order chi connectivity index (χ0) is 18.3. The molecule has 1 aliphatic rings. The number of aromatic amines is 1. The quantitative estimate of drug-likeness (QED) is 0.664. The number of hydrogen-bond donors (Lipinski definition) is 1. The Morgan fingerprint density at radius 2 is 1.96 bits per heavy atom. The van der Waals surface area contributed by atoms with Crippen LogP contribution in [0.25, 0.3) is 22.0 Å². The van der Waals surface area contributed by atoms with Crippen molar-refractivity contribution in [1.29, 1.82) is 0 Å². The Morgan fingerprint density at radius 1 is 1.15 bits per heavy atom. The Hall–Kier alpha value is -2.21. The third-order valence-electron chi connectivity index (χ3n) is 3.81. The minimum Gasteiger partial charge on any atom is -0.486 e. The summed E-state index contributed by atoms with van der Waals surface area (Å²) in [7, 11) is 0. The van der Waals surface area contributed by atoms with Crippen LogP contribution in [0.1, 0.15) is 11.4 Å². The summed E-state index contributed by atoms with van der Waals surface area (Å²) in [6.45, 7) is 0.904. The van der Waals surface area contributed by atoms with E-state index in [0.29, 0.717) is 51.2 Å². The smallest absolute Gasteiger partial charge is 0.259 e. The van der Waals surface area contributed by atoms with Crippen molar-refractivity contribution in [3.63, 3.8) is 0 Å². The van der Waals surface area contributed by atoms with E-state index in [0.717, 1.165) is 0 Å². The monoisotopic (exact) mass is 408 g/mol. The lowest BCUT2D eigenvalue weighted by atomic mass is 10.1. The molecule has 0 unspecified atom stereocenters. The standard InChI is InChI=1S/C18H11Cl3N2O3/c19-10-1-2-14-11(8-10)18(24)23-17(22-14)13(21)6-9-5-12(20)16-15(7-9)25-3-4-26-16/h1-2,5-8H,3-4H2,(H,22,23,24)/b13-6-. The number of nitrogens with zero attached hydrogens (tertiary/aromatic N) is 1. The van der Waals surface area contributed by atoms with Gasteiger partial charge in [-0.15, -0.1) is 0 Å². The normalized spacial score (nSPS) is 13.9. The molecular weight excluding hydrogens is 399 g/mol. The van der Waals surface area contributed by atoms with Crippen molar-refractivity contribution < 1.29 is 9.47 Å². The van der Waals surface area contributed by atoms with Crippen LogP contribution in [0, 0.1) is 0 Å². The number of hydrogen-bond acceptors (Lipinski definition) is 4. The predicted octanol–water partition coefficient (Wildman–Crippen LogP) is 4.74. The molecule has 0 amide bonds. The summed E-state index contributed by atoms with van der Waals surface area (Å²) in [5.41, 5.74) is 0.877. The predicted molar refractivity (Wildman–Crippen MR) is 104 cm³/mol. The molecule has 0 atom stereocenters. The fourth-order valence-electron chi connectivity index (χ4n) is 2.65. The van der Waals surface area contributed by atoms with E-state index in [2.05, 4.69) is 9.97 Å². The van der Waals surface area contributed by atoms with E-state index in [9.17, 15) is 4.79 Å². The Morgan fingerprint density at radius 3 is 2.81 bits per heavy atom. The maximum Gasteiger partial charge on any atom is 0.259 e. The number of rotatable bonds is 2. The highest BCUT2D eigenvalue weighted by molar-refractivity contribution is 6.50. The third kappa shape index (κ3) is 3.26. The van der Waals surface area contributed by atoms with Gasteiger partial charge in [0.2, 0.25) is 0 Å². The van der Waals surface area contributed by atoms with E-state index in [4.69, 9.17) is 44.3 Å². The van der Waals surface area contributed by atoms with Gasteiger partial charge >= 0.3 is 0 Å². The number of nitrogens with one attached hydrogen (secondary N) is 1. The van der Waals surface area contributed by atoms with Crippen molar-refractivity contribution in [3.05, 3.63) is 62.1 Å². The average Bonchev–Trinajstić information content (AvgIpc) is 2.62. The summed E-state index contributed by atoms with van der Waals surface area (Å²) >= 11 is 18.5. The van der Waals surface area contributed by atoms with Gasteiger partial charge in [-0.2, -0.15) is 0 Å². The molecule has 1 aromatic heterocycles. The van der Waals surface area contributed by atoms with Crippen LogP contribution in [0.4, 0.5) is 0 Å².